The van der Waals surface area contributed by atoms with Crippen molar-refractivity contribution in [2.24, 2.45) is 0 Å². The van der Waals surface area contributed by atoms with Gasteiger partial charge in [-0.1, -0.05) is 26.2 Å². The molecule has 0 saturated carbocycles. The Morgan fingerprint density at radius 3 is 2.84 bits per heavy atom. The summed E-state index contributed by atoms with van der Waals surface area (Å²) in [5.74, 6) is -0.101. The highest BCUT2D eigenvalue weighted by atomic mass is 16.5. The Bertz CT molecular complexity index is 762. The largest absolute Gasteiger partial charge is 0.504 e. The van der Waals surface area contributed by atoms with Gasteiger partial charge in [0.25, 0.3) is 5.75 Å². The summed E-state index contributed by atoms with van der Waals surface area (Å²) in [5, 5.41) is 19.4. The molecule has 6 nitrogen and oxygen atoms in total. The van der Waals surface area contributed by atoms with Gasteiger partial charge in [0, 0.05) is 0 Å². The molecular formula is C19H24O6. The average molecular weight is 348 g/mol. The van der Waals surface area contributed by atoms with Crippen LogP contribution in [0.1, 0.15) is 39.0 Å². The van der Waals surface area contributed by atoms with Crippen molar-refractivity contribution < 1.29 is 24.1 Å². The molecular weight excluding hydrogens is 324 g/mol. The summed E-state index contributed by atoms with van der Waals surface area (Å²) < 4.78 is 15.7. The first-order chi connectivity index (χ1) is 12.2. The van der Waals surface area contributed by atoms with Crippen molar-refractivity contribution in [1.29, 1.82) is 0 Å². The smallest absolute Gasteiger partial charge is 0.383 e. The molecule has 0 amide bonds. The van der Waals surface area contributed by atoms with Crippen molar-refractivity contribution in [2.75, 3.05) is 13.2 Å². The van der Waals surface area contributed by atoms with Gasteiger partial charge in [0.05, 0.1) is 18.3 Å². The van der Waals surface area contributed by atoms with E-state index in [-0.39, 0.29) is 30.3 Å². The van der Waals surface area contributed by atoms with Crippen LogP contribution in [-0.2, 0) is 0 Å². The van der Waals surface area contributed by atoms with E-state index in [0.717, 1.165) is 19.3 Å². The van der Waals surface area contributed by atoms with Crippen LogP contribution in [0.2, 0.25) is 0 Å². The Balaban J connectivity index is 2.13. The van der Waals surface area contributed by atoms with Gasteiger partial charge in [0.1, 0.15) is 17.9 Å². The van der Waals surface area contributed by atoms with E-state index < -0.39 is 5.63 Å². The zero-order chi connectivity index (χ0) is 18.1. The molecule has 0 bridgehead atoms. The van der Waals surface area contributed by atoms with Gasteiger partial charge in [-0.15, -0.1) is 0 Å². The fraction of sp³-hybridized carbons (Fsp3) is 0.421. The zero-order valence-electron chi connectivity index (χ0n) is 14.4. The van der Waals surface area contributed by atoms with Crippen LogP contribution in [0.5, 0.6) is 17.2 Å². The van der Waals surface area contributed by atoms with E-state index in [4.69, 9.17) is 19.0 Å². The number of aliphatic hydroxyl groups excluding tert-OH is 1. The summed E-state index contributed by atoms with van der Waals surface area (Å²) in [6.07, 6.45) is 8.65. The van der Waals surface area contributed by atoms with Gasteiger partial charge in [-0.05, 0) is 37.1 Å². The third-order valence-corrected chi connectivity index (χ3v) is 3.68. The van der Waals surface area contributed by atoms with E-state index in [1.807, 2.05) is 6.08 Å². The highest BCUT2D eigenvalue weighted by Gasteiger charge is 2.15. The molecule has 0 saturated heterocycles. The van der Waals surface area contributed by atoms with Crippen molar-refractivity contribution in [1.82, 2.24) is 0 Å². The first kappa shape index (κ1) is 18.9. The maximum atomic E-state index is 12.0. The molecule has 0 unspecified atom stereocenters. The molecule has 0 fully saturated rings. The molecule has 1 heterocycles. The Hall–Kier alpha value is -2.47. The fourth-order valence-electron chi connectivity index (χ4n) is 2.38. The minimum absolute atomic E-state index is 0.120. The second-order valence-electron chi connectivity index (χ2n) is 5.64. The van der Waals surface area contributed by atoms with Crippen molar-refractivity contribution in [2.45, 2.75) is 39.0 Å². The number of aromatic hydroxyl groups is 1. The third kappa shape index (κ3) is 5.26. The average Bonchev–Trinajstić information content (AvgIpc) is 2.61. The van der Waals surface area contributed by atoms with E-state index in [1.165, 1.54) is 31.2 Å². The predicted molar refractivity (Wildman–Crippen MR) is 95.3 cm³/mol. The van der Waals surface area contributed by atoms with E-state index in [1.54, 1.807) is 6.07 Å². The van der Waals surface area contributed by atoms with Crippen LogP contribution in [0, 0.1) is 0 Å². The SMILES string of the molecule is CCCCCCC=COc1c(O)c2cc(OCCO)ccc2oc1=O. The standard InChI is InChI=1S/C19H24O6/c1-2-3-4-5-6-7-11-24-18-17(21)15-13-14(23-12-10-20)8-9-16(15)25-19(18)22/h7-9,11,13,20-21H,2-6,10,12H2,1H3. The molecule has 136 valence electrons. The summed E-state index contributed by atoms with van der Waals surface area (Å²) >= 11 is 0. The Kier molecular flexibility index (Phi) is 7.35. The minimum Gasteiger partial charge on any atom is -0.504 e. The van der Waals surface area contributed by atoms with Gasteiger partial charge in [-0.25, -0.2) is 4.79 Å². The molecule has 0 radical (unpaired) electrons. The first-order valence-corrected chi connectivity index (χ1v) is 8.52. The van der Waals surface area contributed by atoms with Crippen molar-refractivity contribution in [3.05, 3.63) is 41.0 Å². The zero-order valence-corrected chi connectivity index (χ0v) is 14.4. The van der Waals surface area contributed by atoms with Crippen molar-refractivity contribution in [3.8, 4) is 17.2 Å². The summed E-state index contributed by atoms with van der Waals surface area (Å²) in [7, 11) is 0. The summed E-state index contributed by atoms with van der Waals surface area (Å²) in [5.41, 5.74) is -0.514. The normalized spacial score (nSPS) is 11.3. The van der Waals surface area contributed by atoms with Crippen LogP contribution in [0.3, 0.4) is 0 Å². The van der Waals surface area contributed by atoms with Gasteiger partial charge in [-0.2, -0.15) is 0 Å². The predicted octanol–water partition coefficient (Wildman–Crippen LogP) is 3.73. The van der Waals surface area contributed by atoms with Crippen molar-refractivity contribution >= 4 is 11.0 Å². The Labute approximate surface area is 146 Å². The van der Waals surface area contributed by atoms with Crippen molar-refractivity contribution in [3.63, 3.8) is 0 Å². The summed E-state index contributed by atoms with van der Waals surface area (Å²) in [4.78, 5) is 12.0. The lowest BCUT2D eigenvalue weighted by Crippen LogP contribution is -2.04. The van der Waals surface area contributed by atoms with Crippen LogP contribution in [-0.4, -0.2) is 23.4 Å². The van der Waals surface area contributed by atoms with Gasteiger partial charge in [0.15, 0.2) is 5.75 Å². The second-order valence-corrected chi connectivity index (χ2v) is 5.64. The lowest BCUT2D eigenvalue weighted by Gasteiger charge is -2.08. The highest BCUT2D eigenvalue weighted by Crippen LogP contribution is 2.33. The summed E-state index contributed by atoms with van der Waals surface area (Å²) in [6, 6.07) is 4.65. The molecule has 1 aromatic heterocycles. The second kappa shape index (κ2) is 9.74. The monoisotopic (exact) mass is 348 g/mol. The van der Waals surface area contributed by atoms with E-state index in [9.17, 15) is 9.90 Å². The number of fused-ring (bicyclic) bond motifs is 1. The molecule has 1 aromatic carbocycles. The topological polar surface area (TPSA) is 89.1 Å². The van der Waals surface area contributed by atoms with E-state index in [2.05, 4.69) is 6.92 Å². The number of aliphatic hydroxyl groups is 1. The molecule has 2 aromatic rings. The highest BCUT2D eigenvalue weighted by molar-refractivity contribution is 5.86. The van der Waals surface area contributed by atoms with Gasteiger partial charge < -0.3 is 24.1 Å². The number of ether oxygens (including phenoxy) is 2. The molecule has 6 heteroatoms. The van der Waals surface area contributed by atoms with Crippen LogP contribution >= 0.6 is 0 Å². The molecule has 0 aliphatic heterocycles. The number of unbranched alkanes of at least 4 members (excludes halogenated alkanes) is 4. The third-order valence-electron chi connectivity index (χ3n) is 3.68. The number of hydrogen-bond donors (Lipinski definition) is 2. The Morgan fingerprint density at radius 2 is 2.08 bits per heavy atom. The van der Waals surface area contributed by atoms with E-state index >= 15 is 0 Å². The number of allylic oxidation sites excluding steroid dienone is 1. The number of benzene rings is 1. The lowest BCUT2D eigenvalue weighted by molar-refractivity contribution is 0.201. The lowest BCUT2D eigenvalue weighted by atomic mass is 10.1. The van der Waals surface area contributed by atoms with Gasteiger partial charge in [-0.3, -0.25) is 0 Å². The van der Waals surface area contributed by atoms with Crippen LogP contribution in [0.15, 0.2) is 39.7 Å². The number of rotatable bonds is 10. The fourth-order valence-corrected chi connectivity index (χ4v) is 2.38. The molecule has 0 aliphatic carbocycles. The van der Waals surface area contributed by atoms with E-state index in [0.29, 0.717) is 11.1 Å². The first-order valence-electron chi connectivity index (χ1n) is 8.52. The molecule has 2 N–H and O–H groups in total. The van der Waals surface area contributed by atoms with Crippen LogP contribution in [0.25, 0.3) is 11.0 Å². The van der Waals surface area contributed by atoms with Gasteiger partial charge >= 0.3 is 5.63 Å². The maximum Gasteiger partial charge on any atom is 0.383 e. The molecule has 2 rings (SSSR count). The molecule has 0 aliphatic rings. The quantitative estimate of drug-likeness (QED) is 0.386. The minimum atomic E-state index is -0.746. The molecule has 0 spiro atoms. The van der Waals surface area contributed by atoms with Gasteiger partial charge in [0.2, 0.25) is 0 Å². The number of hydrogen-bond acceptors (Lipinski definition) is 6. The van der Waals surface area contributed by atoms with Crippen LogP contribution in [0.4, 0.5) is 0 Å². The maximum absolute atomic E-state index is 12.0. The molecule has 0 atom stereocenters. The Morgan fingerprint density at radius 1 is 1.24 bits per heavy atom. The molecule has 25 heavy (non-hydrogen) atoms. The van der Waals surface area contributed by atoms with Crippen LogP contribution < -0.4 is 15.1 Å². The summed E-state index contributed by atoms with van der Waals surface area (Å²) in [6.45, 7) is 2.17.